The number of carbonyl (C=O) groups excluding carboxylic acids is 1. The number of nitrogens with one attached hydrogen (secondary N) is 1. The Labute approximate surface area is 60.4 Å². The Hall–Kier alpha value is -0.0200. The van der Waals surface area contributed by atoms with Crippen LogP contribution in [0.25, 0.3) is 0 Å². The molecule has 1 heterocycles. The van der Waals surface area contributed by atoms with E-state index in [0.717, 1.165) is 0 Å². The molecule has 1 fully saturated rings. The molecule has 1 unspecified atom stereocenters. The Bertz CT molecular complexity index is 144. The largest absolute Gasteiger partial charge is 0.296 e. The van der Waals surface area contributed by atoms with Crippen LogP contribution in [-0.2, 0) is 4.79 Å². The quantitative estimate of drug-likeness (QED) is 0.517. The van der Waals surface area contributed by atoms with Gasteiger partial charge in [0.25, 0.3) is 0 Å². The molecule has 0 aromatic carbocycles. The maximum atomic E-state index is 11.0. The maximum absolute atomic E-state index is 11.0. The molecule has 2 nitrogen and oxygen atoms in total. The highest BCUT2D eigenvalue weighted by Gasteiger charge is 2.44. The molecule has 1 rings (SSSR count). The lowest BCUT2D eigenvalue weighted by Gasteiger charge is -2.41. The van der Waals surface area contributed by atoms with Gasteiger partial charge in [-0.1, -0.05) is 0 Å². The lowest BCUT2D eigenvalue weighted by molar-refractivity contribution is -0.134. The van der Waals surface area contributed by atoms with Gasteiger partial charge in [-0.25, -0.2) is 0 Å². The first-order chi connectivity index (χ1) is 4.08. The summed E-state index contributed by atoms with van der Waals surface area (Å²) in [6, 6.07) is 0.00309. The molecule has 0 aliphatic carbocycles. The summed E-state index contributed by atoms with van der Waals surface area (Å²) in [5, 5.41) is 3.09. The Balaban J connectivity index is 2.52. The van der Waals surface area contributed by atoms with E-state index < -0.39 is 0 Å². The van der Waals surface area contributed by atoms with E-state index in [1.165, 1.54) is 0 Å². The van der Waals surface area contributed by atoms with Crippen LogP contribution in [-0.4, -0.2) is 23.1 Å². The van der Waals surface area contributed by atoms with Gasteiger partial charge >= 0.3 is 0 Å². The van der Waals surface area contributed by atoms with E-state index in [2.05, 4.69) is 17.9 Å². The molecule has 1 aliphatic heterocycles. The van der Waals surface area contributed by atoms with Crippen molar-refractivity contribution in [1.29, 1.82) is 0 Å². The van der Waals surface area contributed by atoms with Crippen molar-refractivity contribution in [2.75, 3.05) is 5.75 Å². The normalized spacial score (nSPS) is 31.9. The third kappa shape index (κ3) is 0.990. The van der Waals surface area contributed by atoms with Gasteiger partial charge in [0.15, 0.2) is 5.78 Å². The second-order valence-electron chi connectivity index (χ2n) is 2.87. The van der Waals surface area contributed by atoms with Gasteiger partial charge < -0.3 is 0 Å². The Morgan fingerprint density at radius 2 is 2.33 bits per heavy atom. The third-order valence-electron chi connectivity index (χ3n) is 1.65. The minimum absolute atomic E-state index is 0.00309. The number of thiol groups is 1. The van der Waals surface area contributed by atoms with Crippen molar-refractivity contribution in [3.05, 3.63) is 0 Å². The predicted octanol–water partition coefficient (Wildman–Crippen LogP) is 0.236. The minimum atomic E-state index is -0.284. The molecular formula is C6H11NOS. The molecular weight excluding hydrogens is 134 g/mol. The van der Waals surface area contributed by atoms with Gasteiger partial charge in [-0.15, -0.1) is 0 Å². The topological polar surface area (TPSA) is 29.1 Å². The van der Waals surface area contributed by atoms with Gasteiger partial charge in [-0.3, -0.25) is 10.1 Å². The molecule has 1 aliphatic rings. The number of rotatable bonds is 1. The van der Waals surface area contributed by atoms with Crippen LogP contribution >= 0.6 is 12.6 Å². The molecule has 0 radical (unpaired) electrons. The number of ketones is 1. The van der Waals surface area contributed by atoms with Gasteiger partial charge in [-0.2, -0.15) is 12.6 Å². The molecule has 1 atom stereocenters. The summed E-state index contributed by atoms with van der Waals surface area (Å²) in [6.45, 7) is 3.77. The van der Waals surface area contributed by atoms with Crippen molar-refractivity contribution in [2.24, 2.45) is 0 Å². The average molecular weight is 145 g/mol. The van der Waals surface area contributed by atoms with Crippen LogP contribution in [0, 0.1) is 0 Å². The summed E-state index contributed by atoms with van der Waals surface area (Å²) in [5.74, 6) is 0.889. The summed E-state index contributed by atoms with van der Waals surface area (Å²) >= 11 is 4.00. The van der Waals surface area contributed by atoms with Crippen LogP contribution in [0.1, 0.15) is 13.8 Å². The van der Waals surface area contributed by atoms with Gasteiger partial charge in [-0.05, 0) is 13.8 Å². The summed E-state index contributed by atoms with van der Waals surface area (Å²) in [7, 11) is 0. The molecule has 0 saturated carbocycles. The zero-order chi connectivity index (χ0) is 7.07. The molecule has 0 aromatic heterocycles. The second kappa shape index (κ2) is 1.99. The van der Waals surface area contributed by atoms with E-state index in [1.807, 2.05) is 13.8 Å². The summed E-state index contributed by atoms with van der Waals surface area (Å²) in [4.78, 5) is 11.0. The number of carbonyl (C=O) groups is 1. The average Bonchev–Trinajstić information content (AvgIpc) is 1.82. The molecule has 52 valence electrons. The van der Waals surface area contributed by atoms with Crippen molar-refractivity contribution < 1.29 is 4.79 Å². The first-order valence-electron chi connectivity index (χ1n) is 3.01. The number of hydrogen-bond donors (Lipinski definition) is 2. The molecule has 0 amide bonds. The molecule has 9 heavy (non-hydrogen) atoms. The molecule has 1 N–H and O–H groups in total. The van der Waals surface area contributed by atoms with Crippen molar-refractivity contribution >= 4 is 18.4 Å². The fourth-order valence-electron chi connectivity index (χ4n) is 1.06. The monoisotopic (exact) mass is 145 g/mol. The highest BCUT2D eigenvalue weighted by Crippen LogP contribution is 2.19. The number of Topliss-reactive ketones (excluding diaryl/α,β-unsaturated/α-hetero) is 1. The van der Waals surface area contributed by atoms with Crippen LogP contribution in [0.3, 0.4) is 0 Å². The minimum Gasteiger partial charge on any atom is -0.296 e. The van der Waals surface area contributed by atoms with Crippen molar-refractivity contribution in [3.8, 4) is 0 Å². The molecule has 0 aromatic rings. The van der Waals surface area contributed by atoms with Crippen LogP contribution in [0.5, 0.6) is 0 Å². The van der Waals surface area contributed by atoms with Gasteiger partial charge in [0, 0.05) is 5.75 Å². The SMILES string of the molecule is CC1(C)NC(CS)C1=O. The Morgan fingerprint density at radius 1 is 1.78 bits per heavy atom. The summed E-state index contributed by atoms with van der Waals surface area (Å²) < 4.78 is 0. The van der Waals surface area contributed by atoms with Crippen LogP contribution in [0.15, 0.2) is 0 Å². The summed E-state index contributed by atoms with van der Waals surface area (Å²) in [5.41, 5.74) is -0.284. The molecule has 3 heteroatoms. The number of hydrogen-bond acceptors (Lipinski definition) is 3. The highest BCUT2D eigenvalue weighted by molar-refractivity contribution is 7.80. The van der Waals surface area contributed by atoms with E-state index in [1.54, 1.807) is 0 Å². The zero-order valence-electron chi connectivity index (χ0n) is 5.64. The summed E-state index contributed by atoms with van der Waals surface area (Å²) in [6.07, 6.45) is 0. The Morgan fingerprint density at radius 3 is 2.44 bits per heavy atom. The van der Waals surface area contributed by atoms with Crippen LogP contribution in [0.4, 0.5) is 0 Å². The van der Waals surface area contributed by atoms with E-state index in [9.17, 15) is 4.79 Å². The predicted molar refractivity (Wildman–Crippen MR) is 39.9 cm³/mol. The molecule has 0 spiro atoms. The Kier molecular flexibility index (Phi) is 1.57. The van der Waals surface area contributed by atoms with Crippen molar-refractivity contribution in [3.63, 3.8) is 0 Å². The van der Waals surface area contributed by atoms with Gasteiger partial charge in [0.1, 0.15) is 0 Å². The van der Waals surface area contributed by atoms with Gasteiger partial charge in [0.2, 0.25) is 0 Å². The van der Waals surface area contributed by atoms with Crippen molar-refractivity contribution in [2.45, 2.75) is 25.4 Å². The lowest BCUT2D eigenvalue weighted by atomic mass is 9.84. The smallest absolute Gasteiger partial charge is 0.169 e. The first kappa shape index (κ1) is 7.09. The van der Waals surface area contributed by atoms with E-state index in [0.29, 0.717) is 5.75 Å². The van der Waals surface area contributed by atoms with E-state index in [-0.39, 0.29) is 17.4 Å². The standard InChI is InChI=1S/C6H11NOS/c1-6(2)5(8)4(3-9)7-6/h4,7,9H,3H2,1-2H3. The van der Waals surface area contributed by atoms with Gasteiger partial charge in [0.05, 0.1) is 11.6 Å². The fourth-order valence-corrected chi connectivity index (χ4v) is 1.32. The lowest BCUT2D eigenvalue weighted by Crippen LogP contribution is -2.70. The highest BCUT2D eigenvalue weighted by atomic mass is 32.1. The first-order valence-corrected chi connectivity index (χ1v) is 3.64. The molecule has 1 saturated heterocycles. The fraction of sp³-hybridized carbons (Fsp3) is 0.833. The third-order valence-corrected chi connectivity index (χ3v) is 2.02. The van der Waals surface area contributed by atoms with E-state index in [4.69, 9.17) is 0 Å². The van der Waals surface area contributed by atoms with Crippen LogP contribution < -0.4 is 5.32 Å². The van der Waals surface area contributed by atoms with Crippen molar-refractivity contribution in [1.82, 2.24) is 5.32 Å². The zero-order valence-corrected chi connectivity index (χ0v) is 6.53. The van der Waals surface area contributed by atoms with Crippen LogP contribution in [0.2, 0.25) is 0 Å². The molecule has 0 bridgehead atoms. The maximum Gasteiger partial charge on any atom is 0.169 e. The second-order valence-corrected chi connectivity index (χ2v) is 3.23. The van der Waals surface area contributed by atoms with E-state index >= 15 is 0 Å².